The van der Waals surface area contributed by atoms with Crippen molar-refractivity contribution >= 4 is 57.1 Å². The number of carbonyl (C=O) groups excluding carboxylic acids is 1. The van der Waals surface area contributed by atoms with Gasteiger partial charge in [-0.2, -0.15) is 0 Å². The van der Waals surface area contributed by atoms with E-state index >= 15 is 0 Å². The number of benzene rings is 2. The number of amides is 1. The summed E-state index contributed by atoms with van der Waals surface area (Å²) in [5, 5.41) is 12.9. The van der Waals surface area contributed by atoms with Crippen molar-refractivity contribution in [2.75, 3.05) is 5.32 Å². The van der Waals surface area contributed by atoms with Gasteiger partial charge in [-0.05, 0) is 24.6 Å². The molecule has 0 saturated carbocycles. The highest BCUT2D eigenvalue weighted by Gasteiger charge is 2.18. The SMILES string of the molecule is Cc1nc(-c2cccc(Cl)c2)sc1C(=O)Nc1nnc(SCc2ccccc2)s1. The second-order valence-electron chi connectivity index (χ2n) is 6.05. The van der Waals surface area contributed by atoms with Gasteiger partial charge in [0.05, 0.1) is 5.69 Å². The first-order valence-corrected chi connectivity index (χ1v) is 11.6. The van der Waals surface area contributed by atoms with E-state index in [1.807, 2.05) is 49.4 Å². The van der Waals surface area contributed by atoms with E-state index in [9.17, 15) is 4.79 Å². The Labute approximate surface area is 185 Å². The molecule has 146 valence electrons. The van der Waals surface area contributed by atoms with Gasteiger partial charge in [-0.3, -0.25) is 10.1 Å². The summed E-state index contributed by atoms with van der Waals surface area (Å²) in [7, 11) is 0. The highest BCUT2D eigenvalue weighted by Crippen LogP contribution is 2.31. The molecule has 29 heavy (non-hydrogen) atoms. The number of thioether (sulfide) groups is 1. The number of anilines is 1. The molecular weight excluding hydrogens is 444 g/mol. The van der Waals surface area contributed by atoms with Crippen LogP contribution in [0.4, 0.5) is 5.13 Å². The lowest BCUT2D eigenvalue weighted by Crippen LogP contribution is -2.11. The highest BCUT2D eigenvalue weighted by molar-refractivity contribution is 8.00. The van der Waals surface area contributed by atoms with Crippen LogP contribution in [-0.2, 0) is 5.75 Å². The Balaban J connectivity index is 1.43. The zero-order valence-electron chi connectivity index (χ0n) is 15.3. The Morgan fingerprint density at radius 1 is 1.10 bits per heavy atom. The third-order valence-corrected chi connectivity index (χ3v) is 7.39. The van der Waals surface area contributed by atoms with Crippen LogP contribution in [0.2, 0.25) is 5.02 Å². The van der Waals surface area contributed by atoms with Crippen LogP contribution < -0.4 is 5.32 Å². The van der Waals surface area contributed by atoms with Crippen LogP contribution in [-0.4, -0.2) is 21.1 Å². The van der Waals surface area contributed by atoms with E-state index in [1.165, 1.54) is 28.2 Å². The minimum Gasteiger partial charge on any atom is -0.296 e. The number of rotatable bonds is 6. The molecule has 0 radical (unpaired) electrons. The lowest BCUT2D eigenvalue weighted by atomic mass is 10.2. The largest absolute Gasteiger partial charge is 0.296 e. The van der Waals surface area contributed by atoms with Crippen molar-refractivity contribution in [3.8, 4) is 10.6 Å². The average molecular weight is 459 g/mol. The Morgan fingerprint density at radius 3 is 2.72 bits per heavy atom. The first-order chi connectivity index (χ1) is 14.1. The smallest absolute Gasteiger partial charge is 0.269 e. The molecule has 1 amide bonds. The minimum absolute atomic E-state index is 0.232. The highest BCUT2D eigenvalue weighted by atomic mass is 35.5. The number of nitrogens with one attached hydrogen (secondary N) is 1. The fraction of sp³-hybridized carbons (Fsp3) is 0.100. The molecule has 5 nitrogen and oxygen atoms in total. The molecule has 0 aliphatic carbocycles. The predicted molar refractivity (Wildman–Crippen MR) is 121 cm³/mol. The summed E-state index contributed by atoms with van der Waals surface area (Å²) in [5.41, 5.74) is 2.78. The third-order valence-electron chi connectivity index (χ3n) is 3.91. The topological polar surface area (TPSA) is 67.8 Å². The molecule has 2 aromatic heterocycles. The van der Waals surface area contributed by atoms with Gasteiger partial charge in [-0.15, -0.1) is 21.5 Å². The maximum atomic E-state index is 12.7. The van der Waals surface area contributed by atoms with Crippen LogP contribution >= 0.6 is 46.0 Å². The van der Waals surface area contributed by atoms with Crippen LogP contribution in [0.1, 0.15) is 20.9 Å². The molecule has 0 saturated heterocycles. The summed E-state index contributed by atoms with van der Waals surface area (Å²) in [6.45, 7) is 1.82. The summed E-state index contributed by atoms with van der Waals surface area (Å²) >= 11 is 10.3. The van der Waals surface area contributed by atoms with Gasteiger partial charge >= 0.3 is 0 Å². The zero-order valence-corrected chi connectivity index (χ0v) is 18.5. The number of hydrogen-bond donors (Lipinski definition) is 1. The monoisotopic (exact) mass is 458 g/mol. The van der Waals surface area contributed by atoms with E-state index in [1.54, 1.807) is 11.8 Å². The van der Waals surface area contributed by atoms with Gasteiger partial charge in [0.1, 0.15) is 9.88 Å². The van der Waals surface area contributed by atoms with E-state index in [0.29, 0.717) is 20.7 Å². The quantitative estimate of drug-likeness (QED) is 0.276. The number of carbonyl (C=O) groups is 1. The van der Waals surface area contributed by atoms with E-state index in [4.69, 9.17) is 11.6 Å². The van der Waals surface area contributed by atoms with Gasteiger partial charge in [0.2, 0.25) is 5.13 Å². The van der Waals surface area contributed by atoms with Crippen LogP contribution in [0.5, 0.6) is 0 Å². The van der Waals surface area contributed by atoms with E-state index < -0.39 is 0 Å². The van der Waals surface area contributed by atoms with Crippen molar-refractivity contribution in [1.82, 2.24) is 15.2 Å². The predicted octanol–water partition coefficient (Wildman–Crippen LogP) is 6.17. The van der Waals surface area contributed by atoms with Crippen molar-refractivity contribution in [3.05, 3.63) is 75.8 Å². The molecular formula is C20H15ClN4OS3. The summed E-state index contributed by atoms with van der Waals surface area (Å²) < 4.78 is 0.810. The molecule has 0 aliphatic rings. The van der Waals surface area contributed by atoms with Gasteiger partial charge in [-0.1, -0.05) is 77.2 Å². The molecule has 0 aliphatic heterocycles. The van der Waals surface area contributed by atoms with Gasteiger partial charge in [0.15, 0.2) is 4.34 Å². The summed E-state index contributed by atoms with van der Waals surface area (Å²) in [6.07, 6.45) is 0. The van der Waals surface area contributed by atoms with Gasteiger partial charge in [0, 0.05) is 16.3 Å². The van der Waals surface area contributed by atoms with Crippen LogP contribution in [0, 0.1) is 6.92 Å². The molecule has 1 N–H and O–H groups in total. The van der Waals surface area contributed by atoms with Gasteiger partial charge in [0.25, 0.3) is 5.91 Å². The lowest BCUT2D eigenvalue weighted by molar-refractivity contribution is 0.102. The maximum absolute atomic E-state index is 12.7. The molecule has 4 rings (SSSR count). The number of halogens is 1. The molecule has 0 unspecified atom stereocenters. The number of aryl methyl sites for hydroxylation is 1. The van der Waals surface area contributed by atoms with Gasteiger partial charge < -0.3 is 0 Å². The van der Waals surface area contributed by atoms with Crippen molar-refractivity contribution in [3.63, 3.8) is 0 Å². The zero-order chi connectivity index (χ0) is 20.2. The first kappa shape index (κ1) is 20.0. The normalized spacial score (nSPS) is 10.8. The third kappa shape index (κ3) is 5.02. The first-order valence-electron chi connectivity index (χ1n) is 8.63. The summed E-state index contributed by atoms with van der Waals surface area (Å²) in [5.74, 6) is 0.574. The lowest BCUT2D eigenvalue weighted by Gasteiger charge is -1.98. The van der Waals surface area contributed by atoms with Crippen LogP contribution in [0.25, 0.3) is 10.6 Å². The molecule has 4 aromatic rings. The van der Waals surface area contributed by atoms with Gasteiger partial charge in [-0.25, -0.2) is 4.98 Å². The Morgan fingerprint density at radius 2 is 1.93 bits per heavy atom. The molecule has 0 spiro atoms. The van der Waals surface area contributed by atoms with Crippen molar-refractivity contribution < 1.29 is 4.79 Å². The molecule has 2 heterocycles. The Bertz CT molecular complexity index is 1140. The number of hydrogen-bond acceptors (Lipinski definition) is 7. The number of nitrogens with zero attached hydrogens (tertiary/aromatic N) is 3. The number of aromatic nitrogens is 3. The summed E-state index contributed by atoms with van der Waals surface area (Å²) in [4.78, 5) is 17.8. The second kappa shape index (κ2) is 9.04. The standard InChI is InChI=1S/C20H15ClN4OS3/c1-12-16(28-18(22-12)14-8-5-9-15(21)10-14)17(26)23-19-24-25-20(29-19)27-11-13-6-3-2-4-7-13/h2-10H,11H2,1H3,(H,23,24,26). The van der Waals surface area contributed by atoms with E-state index in [0.717, 1.165) is 20.7 Å². The fourth-order valence-corrected chi connectivity index (χ4v) is 5.39. The van der Waals surface area contributed by atoms with Crippen molar-refractivity contribution in [2.24, 2.45) is 0 Å². The van der Waals surface area contributed by atoms with Crippen molar-refractivity contribution in [1.29, 1.82) is 0 Å². The van der Waals surface area contributed by atoms with E-state index in [-0.39, 0.29) is 5.91 Å². The van der Waals surface area contributed by atoms with Crippen LogP contribution in [0.15, 0.2) is 58.9 Å². The Hall–Kier alpha value is -2.26. The second-order valence-corrected chi connectivity index (χ2v) is 9.68. The minimum atomic E-state index is -0.232. The van der Waals surface area contributed by atoms with E-state index in [2.05, 4.69) is 32.6 Å². The summed E-state index contributed by atoms with van der Waals surface area (Å²) in [6, 6.07) is 17.6. The molecule has 0 atom stereocenters. The maximum Gasteiger partial charge on any atom is 0.269 e. The Kier molecular flexibility index (Phi) is 6.25. The molecule has 0 bridgehead atoms. The van der Waals surface area contributed by atoms with Crippen molar-refractivity contribution in [2.45, 2.75) is 17.0 Å². The molecule has 9 heteroatoms. The molecule has 2 aromatic carbocycles. The fourth-order valence-electron chi connectivity index (χ4n) is 2.54. The van der Waals surface area contributed by atoms with Crippen LogP contribution in [0.3, 0.4) is 0 Å². The number of thiazole rings is 1. The average Bonchev–Trinajstić information content (AvgIpc) is 3.33. The molecule has 0 fully saturated rings.